The number of amides is 1. The summed E-state index contributed by atoms with van der Waals surface area (Å²) in [4.78, 5) is 14.4. The highest BCUT2D eigenvalue weighted by Gasteiger charge is 2.30. The van der Waals surface area contributed by atoms with Gasteiger partial charge in [-0.3, -0.25) is 9.48 Å². The quantitative estimate of drug-likeness (QED) is 0.905. The van der Waals surface area contributed by atoms with Gasteiger partial charge in [0.15, 0.2) is 0 Å². The lowest BCUT2D eigenvalue weighted by Crippen LogP contribution is -2.51. The molecule has 1 aliphatic heterocycles. The Hall–Kier alpha value is -1.36. The normalized spacial score (nSPS) is 21.7. The molecular formula is C14H24N4O. The molecule has 1 fully saturated rings. The molecule has 2 atom stereocenters. The zero-order chi connectivity index (χ0) is 14.0. The molecule has 5 heteroatoms. The van der Waals surface area contributed by atoms with Crippen molar-refractivity contribution in [3.8, 4) is 0 Å². The van der Waals surface area contributed by atoms with Crippen molar-refractivity contribution >= 4 is 5.91 Å². The van der Waals surface area contributed by atoms with Gasteiger partial charge in [0.1, 0.15) is 5.69 Å². The number of nitrogens with two attached hydrogens (primary N) is 1. The molecule has 2 rings (SSSR count). The van der Waals surface area contributed by atoms with Gasteiger partial charge in [-0.05, 0) is 46.1 Å². The summed E-state index contributed by atoms with van der Waals surface area (Å²) < 4.78 is 1.82. The molecule has 2 heterocycles. The van der Waals surface area contributed by atoms with E-state index in [0.717, 1.165) is 25.8 Å². The maximum absolute atomic E-state index is 12.5. The topological polar surface area (TPSA) is 64.2 Å². The van der Waals surface area contributed by atoms with Crippen LogP contribution >= 0.6 is 0 Å². The van der Waals surface area contributed by atoms with Gasteiger partial charge in [0.25, 0.3) is 5.91 Å². The average Bonchev–Trinajstić information content (AvgIpc) is 2.87. The summed E-state index contributed by atoms with van der Waals surface area (Å²) in [5.74, 6) is 0.0152. The van der Waals surface area contributed by atoms with Crippen LogP contribution in [-0.4, -0.2) is 39.2 Å². The zero-order valence-electron chi connectivity index (χ0n) is 12.0. The summed E-state index contributed by atoms with van der Waals surface area (Å²) in [6.07, 6.45) is 5.06. The van der Waals surface area contributed by atoms with E-state index in [1.807, 2.05) is 36.5 Å². The predicted octanol–water partition coefficient (Wildman–Crippen LogP) is 1.81. The second-order valence-corrected chi connectivity index (χ2v) is 5.70. The fraction of sp³-hybridized carbons (Fsp3) is 0.714. The van der Waals surface area contributed by atoms with Crippen molar-refractivity contribution in [3.63, 3.8) is 0 Å². The molecule has 0 bridgehead atoms. The van der Waals surface area contributed by atoms with Gasteiger partial charge in [-0.15, -0.1) is 0 Å². The predicted molar refractivity (Wildman–Crippen MR) is 74.9 cm³/mol. The Morgan fingerprint density at radius 3 is 2.74 bits per heavy atom. The molecule has 0 unspecified atom stereocenters. The number of carbonyl (C=O) groups is 1. The monoisotopic (exact) mass is 264 g/mol. The molecule has 5 nitrogen and oxygen atoms in total. The number of likely N-dealkylation sites (tertiary alicyclic amines) is 1. The number of aromatic nitrogens is 2. The van der Waals surface area contributed by atoms with Gasteiger partial charge in [-0.2, -0.15) is 5.10 Å². The van der Waals surface area contributed by atoms with Crippen LogP contribution in [0, 0.1) is 0 Å². The van der Waals surface area contributed by atoms with Crippen LogP contribution in [0.3, 0.4) is 0 Å². The molecular weight excluding hydrogens is 240 g/mol. The summed E-state index contributed by atoms with van der Waals surface area (Å²) in [6.45, 7) is 6.86. The highest BCUT2D eigenvalue weighted by molar-refractivity contribution is 5.92. The molecule has 0 saturated carbocycles. The van der Waals surface area contributed by atoms with Gasteiger partial charge in [0.05, 0.1) is 0 Å². The summed E-state index contributed by atoms with van der Waals surface area (Å²) in [6, 6.07) is 2.23. The van der Waals surface area contributed by atoms with Gasteiger partial charge in [-0.25, -0.2) is 0 Å². The number of rotatable bonds is 3. The lowest BCUT2D eigenvalue weighted by atomic mass is 9.96. The third-order valence-electron chi connectivity index (χ3n) is 3.77. The molecule has 1 aliphatic rings. The molecule has 0 spiro atoms. The third kappa shape index (κ3) is 2.97. The first-order chi connectivity index (χ1) is 9.00. The number of hydrogen-bond acceptors (Lipinski definition) is 3. The first-order valence-corrected chi connectivity index (χ1v) is 7.12. The Labute approximate surface area is 114 Å². The van der Waals surface area contributed by atoms with Crippen LogP contribution < -0.4 is 5.73 Å². The lowest BCUT2D eigenvalue weighted by Gasteiger charge is -2.37. The van der Waals surface area contributed by atoms with E-state index >= 15 is 0 Å². The van der Waals surface area contributed by atoms with E-state index in [2.05, 4.69) is 5.10 Å². The van der Waals surface area contributed by atoms with Crippen molar-refractivity contribution in [2.24, 2.45) is 5.73 Å². The van der Waals surface area contributed by atoms with E-state index in [9.17, 15) is 4.79 Å². The van der Waals surface area contributed by atoms with Gasteiger partial charge >= 0.3 is 0 Å². The van der Waals surface area contributed by atoms with Crippen LogP contribution in [0.25, 0.3) is 0 Å². The molecule has 1 aromatic rings. The van der Waals surface area contributed by atoms with Gasteiger partial charge in [-0.1, -0.05) is 0 Å². The average molecular weight is 264 g/mol. The molecule has 19 heavy (non-hydrogen) atoms. The van der Waals surface area contributed by atoms with Crippen LogP contribution in [0.15, 0.2) is 12.3 Å². The van der Waals surface area contributed by atoms with E-state index in [1.54, 1.807) is 6.07 Å². The fourth-order valence-corrected chi connectivity index (χ4v) is 2.64. The van der Waals surface area contributed by atoms with Gasteiger partial charge < -0.3 is 10.6 Å². The Balaban J connectivity index is 2.16. The fourth-order valence-electron chi connectivity index (χ4n) is 2.64. The summed E-state index contributed by atoms with van der Waals surface area (Å²) in [5, 5.41) is 4.36. The minimum atomic E-state index is 0.0106. The molecule has 2 N–H and O–H groups in total. The summed E-state index contributed by atoms with van der Waals surface area (Å²) >= 11 is 0. The Morgan fingerprint density at radius 2 is 2.16 bits per heavy atom. The minimum absolute atomic E-state index is 0.0106. The highest BCUT2D eigenvalue weighted by Crippen LogP contribution is 2.21. The van der Waals surface area contributed by atoms with Crippen molar-refractivity contribution in [2.45, 2.75) is 58.2 Å². The second kappa shape index (κ2) is 5.74. The van der Waals surface area contributed by atoms with Crippen molar-refractivity contribution in [3.05, 3.63) is 18.0 Å². The van der Waals surface area contributed by atoms with E-state index in [-0.39, 0.29) is 24.0 Å². The molecule has 1 aromatic heterocycles. The standard InChI is InChI=1S/C14H24N4O/c1-10(2)18-9-7-12(16-18)14(19)17-8-5-4-6-13(17)11(3)15/h7,9-11,13H,4-6,8,15H2,1-3H3/t11-,13-/m0/s1. The van der Waals surface area contributed by atoms with E-state index in [1.165, 1.54) is 0 Å². The van der Waals surface area contributed by atoms with Crippen LogP contribution in [-0.2, 0) is 0 Å². The van der Waals surface area contributed by atoms with Gasteiger partial charge in [0.2, 0.25) is 0 Å². The first-order valence-electron chi connectivity index (χ1n) is 7.12. The Bertz CT molecular complexity index is 438. The smallest absolute Gasteiger partial charge is 0.274 e. The lowest BCUT2D eigenvalue weighted by molar-refractivity contribution is 0.0576. The number of carbonyl (C=O) groups excluding carboxylic acids is 1. The summed E-state index contributed by atoms with van der Waals surface area (Å²) in [5.41, 5.74) is 6.54. The first kappa shape index (κ1) is 14.1. The Kier molecular flexibility index (Phi) is 4.24. The SMILES string of the molecule is CC(C)n1ccc(C(=O)N2CCCC[C@H]2[C@H](C)N)n1. The Morgan fingerprint density at radius 1 is 1.42 bits per heavy atom. The van der Waals surface area contributed by atoms with Crippen LogP contribution in [0.1, 0.15) is 56.6 Å². The molecule has 106 valence electrons. The van der Waals surface area contributed by atoms with Crippen LogP contribution in [0.2, 0.25) is 0 Å². The van der Waals surface area contributed by atoms with Crippen LogP contribution in [0.5, 0.6) is 0 Å². The number of piperidine rings is 1. The number of nitrogens with zero attached hydrogens (tertiary/aromatic N) is 3. The largest absolute Gasteiger partial charge is 0.333 e. The van der Waals surface area contributed by atoms with Gasteiger partial charge in [0, 0.05) is 30.9 Å². The number of hydrogen-bond donors (Lipinski definition) is 1. The second-order valence-electron chi connectivity index (χ2n) is 5.70. The molecule has 0 aromatic carbocycles. The molecule has 1 saturated heterocycles. The third-order valence-corrected chi connectivity index (χ3v) is 3.77. The maximum Gasteiger partial charge on any atom is 0.274 e. The molecule has 0 aliphatic carbocycles. The van der Waals surface area contributed by atoms with Crippen molar-refractivity contribution in [1.29, 1.82) is 0 Å². The minimum Gasteiger partial charge on any atom is -0.333 e. The zero-order valence-corrected chi connectivity index (χ0v) is 12.0. The maximum atomic E-state index is 12.5. The van der Waals surface area contributed by atoms with Crippen molar-refractivity contribution in [1.82, 2.24) is 14.7 Å². The molecule has 1 amide bonds. The summed E-state index contributed by atoms with van der Waals surface area (Å²) in [7, 11) is 0. The molecule has 0 radical (unpaired) electrons. The van der Waals surface area contributed by atoms with E-state index in [0.29, 0.717) is 5.69 Å². The van der Waals surface area contributed by atoms with Crippen molar-refractivity contribution < 1.29 is 4.79 Å². The van der Waals surface area contributed by atoms with E-state index in [4.69, 9.17) is 5.73 Å². The van der Waals surface area contributed by atoms with E-state index < -0.39 is 0 Å². The van der Waals surface area contributed by atoms with Crippen molar-refractivity contribution in [2.75, 3.05) is 6.54 Å². The van der Waals surface area contributed by atoms with Crippen LogP contribution in [0.4, 0.5) is 0 Å². The highest BCUT2D eigenvalue weighted by atomic mass is 16.2.